The third-order valence-electron chi connectivity index (χ3n) is 3.02. The lowest BCUT2D eigenvalue weighted by Gasteiger charge is -2.17. The van der Waals surface area contributed by atoms with Gasteiger partial charge in [0.05, 0.1) is 10.7 Å². The highest BCUT2D eigenvalue weighted by Gasteiger charge is 2.09. The fraction of sp³-hybridized carbons (Fsp3) is 0.200. The number of halogens is 1. The molecule has 3 nitrogen and oxygen atoms in total. The molecule has 0 saturated carbocycles. The summed E-state index contributed by atoms with van der Waals surface area (Å²) in [5.41, 5.74) is 1.03. The zero-order chi connectivity index (χ0) is 13.2. The van der Waals surface area contributed by atoms with Crippen LogP contribution < -0.4 is 10.7 Å². The van der Waals surface area contributed by atoms with E-state index in [0.29, 0.717) is 5.02 Å². The molecule has 4 heteroatoms. The minimum Gasteiger partial charge on any atom is -0.354 e. The van der Waals surface area contributed by atoms with E-state index in [0.717, 1.165) is 35.1 Å². The molecule has 3 rings (SSSR count). The van der Waals surface area contributed by atoms with Crippen LogP contribution >= 0.6 is 11.6 Å². The lowest BCUT2D eigenvalue weighted by atomic mass is 10.2. The fourth-order valence-electron chi connectivity index (χ4n) is 2.08. The molecule has 96 valence electrons. The molecule has 0 radical (unpaired) electrons. The highest BCUT2D eigenvalue weighted by molar-refractivity contribution is 6.30. The zero-order valence-electron chi connectivity index (χ0n) is 10.7. The molecule has 2 aliphatic heterocycles. The summed E-state index contributed by atoms with van der Waals surface area (Å²) >= 11 is 5.96. The van der Waals surface area contributed by atoms with Crippen molar-refractivity contribution in [3.8, 4) is 0 Å². The predicted molar refractivity (Wildman–Crippen MR) is 76.1 cm³/mol. The molecule has 0 amide bonds. The van der Waals surface area contributed by atoms with Gasteiger partial charge in [-0.3, -0.25) is 0 Å². The van der Waals surface area contributed by atoms with Gasteiger partial charge in [0.1, 0.15) is 0 Å². The van der Waals surface area contributed by atoms with E-state index < -0.39 is 0 Å². The van der Waals surface area contributed by atoms with Gasteiger partial charge in [0.15, 0.2) is 5.82 Å². The maximum absolute atomic E-state index is 5.96. The number of benzene rings is 1. The van der Waals surface area contributed by atoms with E-state index in [9.17, 15) is 0 Å². The Labute approximate surface area is 116 Å². The van der Waals surface area contributed by atoms with Gasteiger partial charge in [-0.25, -0.2) is 9.98 Å². The molecular formula is C15H14ClN3. The molecule has 0 atom stereocenters. The Hall–Kier alpha value is -1.87. The van der Waals surface area contributed by atoms with Crippen LogP contribution in [0.5, 0.6) is 0 Å². The molecule has 0 fully saturated rings. The Kier molecular flexibility index (Phi) is 3.22. The van der Waals surface area contributed by atoms with Gasteiger partial charge in [-0.15, -0.1) is 0 Å². The van der Waals surface area contributed by atoms with Gasteiger partial charge >= 0.3 is 0 Å². The maximum atomic E-state index is 5.96. The van der Waals surface area contributed by atoms with E-state index in [1.807, 2.05) is 30.4 Å². The summed E-state index contributed by atoms with van der Waals surface area (Å²) in [6.07, 6.45) is 9.34. The molecule has 0 saturated heterocycles. The Morgan fingerprint density at radius 3 is 2.58 bits per heavy atom. The number of rotatable bonds is 2. The Balaban J connectivity index is 1.96. The van der Waals surface area contributed by atoms with Crippen molar-refractivity contribution in [1.82, 2.24) is 4.90 Å². The van der Waals surface area contributed by atoms with Crippen molar-refractivity contribution in [2.45, 2.75) is 13.3 Å². The third-order valence-corrected chi connectivity index (χ3v) is 3.26. The van der Waals surface area contributed by atoms with Crippen LogP contribution in [0.3, 0.4) is 0 Å². The number of hydrogen-bond acceptors (Lipinski definition) is 3. The molecule has 2 aliphatic rings. The summed E-state index contributed by atoms with van der Waals surface area (Å²) in [6.45, 7) is 3.19. The van der Waals surface area contributed by atoms with E-state index in [-0.39, 0.29) is 0 Å². The summed E-state index contributed by atoms with van der Waals surface area (Å²) in [5, 5.41) is 2.41. The standard InChI is InChI=1S/C15H14ClN3/c1-2-7-19-8-5-11(6-9-19)15-17-13-4-3-12(16)10-14(13)18-15/h3-6,8-10H,2,7H2,1H3. The van der Waals surface area contributed by atoms with Crippen LogP contribution in [0.25, 0.3) is 0 Å². The van der Waals surface area contributed by atoms with Crippen LogP contribution in [0, 0.1) is 0 Å². The van der Waals surface area contributed by atoms with Crippen LogP contribution in [-0.4, -0.2) is 11.4 Å². The first-order valence-corrected chi connectivity index (χ1v) is 6.73. The molecule has 0 spiro atoms. The highest BCUT2D eigenvalue weighted by atomic mass is 35.5. The molecule has 0 aliphatic carbocycles. The summed E-state index contributed by atoms with van der Waals surface area (Å²) < 4.78 is 0. The van der Waals surface area contributed by atoms with Gasteiger partial charge in [-0.1, -0.05) is 18.5 Å². The summed E-state index contributed by atoms with van der Waals surface area (Å²) in [5.74, 6) is 0.751. The van der Waals surface area contributed by atoms with Gasteiger partial charge in [-0.2, -0.15) is 0 Å². The monoisotopic (exact) mass is 271 g/mol. The first-order valence-electron chi connectivity index (χ1n) is 6.36. The smallest absolute Gasteiger partial charge is 0.160 e. The Morgan fingerprint density at radius 1 is 1.11 bits per heavy atom. The van der Waals surface area contributed by atoms with E-state index >= 15 is 0 Å². The average molecular weight is 272 g/mol. The van der Waals surface area contributed by atoms with Crippen molar-refractivity contribution in [2.24, 2.45) is 9.98 Å². The second-order valence-corrected chi connectivity index (χ2v) is 4.94. The minimum absolute atomic E-state index is 0.688. The van der Waals surface area contributed by atoms with Gasteiger partial charge in [0.2, 0.25) is 0 Å². The second-order valence-electron chi connectivity index (χ2n) is 4.50. The van der Waals surface area contributed by atoms with Crippen molar-refractivity contribution < 1.29 is 0 Å². The van der Waals surface area contributed by atoms with Gasteiger partial charge < -0.3 is 4.90 Å². The SMILES string of the molecule is CCCN1C=CC(=C2N=c3ccc(Cl)cc3=N2)C=C1. The topological polar surface area (TPSA) is 28.0 Å². The Bertz CT molecular complexity index is 697. The first-order chi connectivity index (χ1) is 9.26. The van der Waals surface area contributed by atoms with E-state index in [1.54, 1.807) is 0 Å². The summed E-state index contributed by atoms with van der Waals surface area (Å²) in [4.78, 5) is 11.2. The molecule has 1 aromatic carbocycles. The van der Waals surface area contributed by atoms with Crippen molar-refractivity contribution in [3.05, 3.63) is 69.9 Å². The van der Waals surface area contributed by atoms with Crippen molar-refractivity contribution >= 4 is 11.6 Å². The molecule has 0 bridgehead atoms. The molecule has 1 aromatic rings. The summed E-state index contributed by atoms with van der Waals surface area (Å²) in [7, 11) is 0. The van der Waals surface area contributed by atoms with Gasteiger partial charge in [-0.05, 0) is 36.8 Å². The number of hydrogen-bond donors (Lipinski definition) is 0. The van der Waals surface area contributed by atoms with Crippen LogP contribution in [0.4, 0.5) is 0 Å². The van der Waals surface area contributed by atoms with Gasteiger partial charge in [0.25, 0.3) is 0 Å². The first kappa shape index (κ1) is 12.2. The third kappa shape index (κ3) is 2.47. The molecule has 19 heavy (non-hydrogen) atoms. The van der Waals surface area contributed by atoms with Crippen molar-refractivity contribution in [3.63, 3.8) is 0 Å². The number of nitrogens with zero attached hydrogens (tertiary/aromatic N) is 3. The zero-order valence-corrected chi connectivity index (χ0v) is 11.4. The fourth-order valence-corrected chi connectivity index (χ4v) is 2.24. The van der Waals surface area contributed by atoms with E-state index in [4.69, 9.17) is 11.6 Å². The van der Waals surface area contributed by atoms with Crippen LogP contribution in [0.2, 0.25) is 5.02 Å². The largest absolute Gasteiger partial charge is 0.354 e. The van der Waals surface area contributed by atoms with E-state index in [1.165, 1.54) is 0 Å². The maximum Gasteiger partial charge on any atom is 0.160 e. The lowest BCUT2D eigenvalue weighted by Crippen LogP contribution is -2.20. The molecule has 0 aromatic heterocycles. The average Bonchev–Trinajstić information content (AvgIpc) is 2.83. The molecular weight excluding hydrogens is 258 g/mol. The van der Waals surface area contributed by atoms with Gasteiger partial charge in [0, 0.05) is 29.5 Å². The molecule has 0 unspecified atom stereocenters. The van der Waals surface area contributed by atoms with Crippen LogP contribution in [0.15, 0.2) is 64.1 Å². The summed E-state index contributed by atoms with van der Waals surface area (Å²) in [6, 6.07) is 5.57. The van der Waals surface area contributed by atoms with Crippen LogP contribution in [-0.2, 0) is 0 Å². The lowest BCUT2D eigenvalue weighted by molar-refractivity contribution is 0.497. The van der Waals surface area contributed by atoms with E-state index in [2.05, 4.69) is 34.2 Å². The predicted octanol–water partition coefficient (Wildman–Crippen LogP) is 2.56. The number of allylic oxidation sites excluding steroid dienone is 3. The molecule has 2 heterocycles. The Morgan fingerprint density at radius 2 is 1.84 bits per heavy atom. The minimum atomic E-state index is 0.688. The highest BCUT2D eigenvalue weighted by Crippen LogP contribution is 2.17. The van der Waals surface area contributed by atoms with Crippen molar-refractivity contribution in [1.29, 1.82) is 0 Å². The van der Waals surface area contributed by atoms with Crippen molar-refractivity contribution in [2.75, 3.05) is 6.54 Å². The molecule has 0 N–H and O–H groups in total. The normalized spacial score (nSPS) is 16.4. The number of fused-ring (bicyclic) bond motifs is 1. The van der Waals surface area contributed by atoms with Crippen LogP contribution in [0.1, 0.15) is 13.3 Å². The second kappa shape index (κ2) is 5.02. The quantitative estimate of drug-likeness (QED) is 0.812.